The number of amides is 2. The fraction of sp³-hybridized carbons (Fsp3) is 0.375. The molecule has 2 aromatic rings. The molecule has 0 bridgehead atoms. The van der Waals surface area contributed by atoms with Gasteiger partial charge in [0.25, 0.3) is 5.91 Å². The van der Waals surface area contributed by atoms with Crippen molar-refractivity contribution in [1.82, 2.24) is 15.5 Å². The van der Waals surface area contributed by atoms with Crippen LogP contribution in [0.2, 0.25) is 0 Å². The van der Waals surface area contributed by atoms with Gasteiger partial charge in [-0.3, -0.25) is 19.5 Å². The molecule has 2 N–H and O–H groups in total. The minimum Gasteiger partial charge on any atom is -0.497 e. The summed E-state index contributed by atoms with van der Waals surface area (Å²) in [6.45, 7) is 4.27. The fourth-order valence-electron chi connectivity index (χ4n) is 3.99. The molecule has 2 heterocycles. The van der Waals surface area contributed by atoms with Crippen LogP contribution in [-0.2, 0) is 16.1 Å². The van der Waals surface area contributed by atoms with Crippen LogP contribution in [0.15, 0.2) is 53.5 Å². The Labute approximate surface area is 182 Å². The van der Waals surface area contributed by atoms with E-state index in [-0.39, 0.29) is 11.8 Å². The predicted molar refractivity (Wildman–Crippen MR) is 119 cm³/mol. The van der Waals surface area contributed by atoms with Gasteiger partial charge in [0, 0.05) is 38.0 Å². The minimum atomic E-state index is -0.548. The maximum absolute atomic E-state index is 12.5. The number of hydrogen-bond acceptors (Lipinski definition) is 5. The molecule has 0 unspecified atom stereocenters. The van der Waals surface area contributed by atoms with Crippen LogP contribution in [0, 0.1) is 6.92 Å². The van der Waals surface area contributed by atoms with E-state index in [0.717, 1.165) is 22.4 Å². The summed E-state index contributed by atoms with van der Waals surface area (Å²) in [4.78, 5) is 31.8. The number of benzene rings is 2. The van der Waals surface area contributed by atoms with Gasteiger partial charge in [-0.25, -0.2) is 0 Å². The third-order valence-electron chi connectivity index (χ3n) is 5.91. The number of carbonyl (C=O) groups is 2. The topological polar surface area (TPSA) is 83.0 Å². The quantitative estimate of drug-likeness (QED) is 0.749. The summed E-state index contributed by atoms with van der Waals surface area (Å²) in [6, 6.07) is 15.5. The SMILES string of the molecule is COc1ccc(CNC(=O)CN2CCC3(CC2)N=C(c2ccc(C)cc2)C(=O)N3)cc1. The lowest BCUT2D eigenvalue weighted by molar-refractivity contribution is -0.123. The Morgan fingerprint density at radius 1 is 1.13 bits per heavy atom. The number of hydrogen-bond donors (Lipinski definition) is 2. The first-order chi connectivity index (χ1) is 15.0. The van der Waals surface area contributed by atoms with E-state index in [1.165, 1.54) is 0 Å². The van der Waals surface area contributed by atoms with Gasteiger partial charge in [0.1, 0.15) is 17.1 Å². The number of rotatable bonds is 6. The first-order valence-corrected chi connectivity index (χ1v) is 10.6. The molecule has 2 aromatic carbocycles. The summed E-state index contributed by atoms with van der Waals surface area (Å²) in [7, 11) is 1.63. The van der Waals surface area contributed by atoms with Crippen molar-refractivity contribution in [2.75, 3.05) is 26.7 Å². The smallest absolute Gasteiger partial charge is 0.272 e. The van der Waals surface area contributed by atoms with Crippen molar-refractivity contribution in [3.63, 3.8) is 0 Å². The van der Waals surface area contributed by atoms with E-state index in [0.29, 0.717) is 44.7 Å². The number of carbonyl (C=O) groups excluding carboxylic acids is 2. The zero-order valence-corrected chi connectivity index (χ0v) is 18.0. The van der Waals surface area contributed by atoms with Gasteiger partial charge < -0.3 is 15.4 Å². The van der Waals surface area contributed by atoms with Gasteiger partial charge in [0.15, 0.2) is 0 Å². The van der Waals surface area contributed by atoms with Crippen molar-refractivity contribution in [3.8, 4) is 5.75 Å². The highest BCUT2D eigenvalue weighted by Gasteiger charge is 2.42. The van der Waals surface area contributed by atoms with Crippen molar-refractivity contribution >= 4 is 17.5 Å². The van der Waals surface area contributed by atoms with E-state index in [1.807, 2.05) is 55.5 Å². The number of likely N-dealkylation sites (tertiary alicyclic amines) is 1. The Balaban J connectivity index is 1.28. The number of aryl methyl sites for hydroxylation is 1. The second kappa shape index (κ2) is 8.89. The highest BCUT2D eigenvalue weighted by Crippen LogP contribution is 2.28. The average Bonchev–Trinajstić information content (AvgIpc) is 3.10. The van der Waals surface area contributed by atoms with Crippen molar-refractivity contribution < 1.29 is 14.3 Å². The fourth-order valence-corrected chi connectivity index (χ4v) is 3.99. The molecule has 1 fully saturated rings. The Bertz CT molecular complexity index is 975. The van der Waals surface area contributed by atoms with E-state index in [2.05, 4.69) is 15.5 Å². The van der Waals surface area contributed by atoms with Crippen molar-refractivity contribution in [1.29, 1.82) is 0 Å². The molecule has 31 heavy (non-hydrogen) atoms. The van der Waals surface area contributed by atoms with Gasteiger partial charge in [-0.2, -0.15) is 0 Å². The molecule has 7 heteroatoms. The van der Waals surface area contributed by atoms with Crippen molar-refractivity contribution in [2.45, 2.75) is 32.0 Å². The van der Waals surface area contributed by atoms with E-state index in [1.54, 1.807) is 7.11 Å². The van der Waals surface area contributed by atoms with Crippen LogP contribution in [0.25, 0.3) is 0 Å². The molecule has 1 spiro atoms. The molecular formula is C24H28N4O3. The summed E-state index contributed by atoms with van der Waals surface area (Å²) >= 11 is 0. The Morgan fingerprint density at radius 3 is 2.45 bits per heavy atom. The monoisotopic (exact) mass is 420 g/mol. The molecule has 0 aromatic heterocycles. The van der Waals surface area contributed by atoms with Crippen LogP contribution in [0.5, 0.6) is 5.75 Å². The summed E-state index contributed by atoms with van der Waals surface area (Å²) in [6.07, 6.45) is 1.39. The highest BCUT2D eigenvalue weighted by atomic mass is 16.5. The largest absolute Gasteiger partial charge is 0.497 e. The van der Waals surface area contributed by atoms with Crippen LogP contribution in [0.1, 0.15) is 29.5 Å². The van der Waals surface area contributed by atoms with Gasteiger partial charge in [-0.05, 0) is 24.6 Å². The zero-order chi connectivity index (χ0) is 21.8. The average molecular weight is 421 g/mol. The molecule has 2 aliphatic heterocycles. The zero-order valence-electron chi connectivity index (χ0n) is 18.0. The molecule has 0 saturated carbocycles. The van der Waals surface area contributed by atoms with Gasteiger partial charge >= 0.3 is 0 Å². The lowest BCUT2D eigenvalue weighted by Gasteiger charge is -2.36. The molecule has 2 aliphatic rings. The van der Waals surface area contributed by atoms with Crippen molar-refractivity contribution in [2.24, 2.45) is 4.99 Å². The van der Waals surface area contributed by atoms with E-state index in [9.17, 15) is 9.59 Å². The molecule has 0 radical (unpaired) electrons. The van der Waals surface area contributed by atoms with Crippen LogP contribution in [0.3, 0.4) is 0 Å². The molecule has 0 atom stereocenters. The lowest BCUT2D eigenvalue weighted by Crippen LogP contribution is -2.52. The normalized spacial score (nSPS) is 17.9. The molecule has 1 saturated heterocycles. The summed E-state index contributed by atoms with van der Waals surface area (Å²) < 4.78 is 5.15. The van der Waals surface area contributed by atoms with Crippen LogP contribution in [0.4, 0.5) is 0 Å². The van der Waals surface area contributed by atoms with Gasteiger partial charge in [0.2, 0.25) is 5.91 Å². The maximum atomic E-state index is 12.5. The van der Waals surface area contributed by atoms with Crippen LogP contribution < -0.4 is 15.4 Å². The number of piperidine rings is 1. The summed E-state index contributed by atoms with van der Waals surface area (Å²) in [5, 5.41) is 6.05. The predicted octanol–water partition coefficient (Wildman–Crippen LogP) is 2.03. The molecular weight excluding hydrogens is 392 g/mol. The van der Waals surface area contributed by atoms with Crippen LogP contribution in [-0.4, -0.2) is 54.8 Å². The van der Waals surface area contributed by atoms with E-state index in [4.69, 9.17) is 9.73 Å². The number of ether oxygens (including phenoxy) is 1. The summed E-state index contributed by atoms with van der Waals surface area (Å²) in [5.41, 5.74) is 2.98. The molecule has 0 aliphatic carbocycles. The highest BCUT2D eigenvalue weighted by molar-refractivity contribution is 6.46. The third kappa shape index (κ3) is 4.94. The number of aliphatic imine (C=N–C) groups is 1. The third-order valence-corrected chi connectivity index (χ3v) is 5.91. The first kappa shape index (κ1) is 21.1. The second-order valence-electron chi connectivity index (χ2n) is 8.21. The molecule has 4 rings (SSSR count). The number of methoxy groups -OCH3 is 1. The first-order valence-electron chi connectivity index (χ1n) is 10.6. The minimum absolute atomic E-state index is 0.00827. The van der Waals surface area contributed by atoms with E-state index >= 15 is 0 Å². The van der Waals surface area contributed by atoms with Crippen molar-refractivity contribution in [3.05, 3.63) is 65.2 Å². The van der Waals surface area contributed by atoms with E-state index < -0.39 is 5.66 Å². The Kier molecular flexibility index (Phi) is 6.04. The Hall–Kier alpha value is -3.19. The van der Waals surface area contributed by atoms with Gasteiger partial charge in [-0.15, -0.1) is 0 Å². The number of nitrogens with zero attached hydrogens (tertiary/aromatic N) is 2. The lowest BCUT2D eigenvalue weighted by atomic mass is 9.98. The molecule has 7 nitrogen and oxygen atoms in total. The molecule has 2 amide bonds. The standard InChI is InChI=1S/C24H28N4O3/c1-17-3-7-19(8-4-17)22-23(30)27-24(26-22)11-13-28(14-12-24)16-21(29)25-15-18-5-9-20(31-2)10-6-18/h3-10H,11-16H2,1-2H3,(H,25,29)(H,27,30). The number of nitrogens with one attached hydrogen (secondary N) is 2. The second-order valence-corrected chi connectivity index (χ2v) is 8.21. The summed E-state index contributed by atoms with van der Waals surface area (Å²) in [5.74, 6) is 0.671. The Morgan fingerprint density at radius 2 is 1.81 bits per heavy atom. The maximum Gasteiger partial charge on any atom is 0.272 e. The van der Waals surface area contributed by atoms with Gasteiger partial charge in [0.05, 0.1) is 13.7 Å². The molecule has 162 valence electrons. The van der Waals surface area contributed by atoms with Crippen LogP contribution >= 0.6 is 0 Å². The van der Waals surface area contributed by atoms with Gasteiger partial charge in [-0.1, -0.05) is 42.0 Å².